The van der Waals surface area contributed by atoms with Crippen molar-refractivity contribution >= 4 is 56.2 Å². The number of rotatable bonds is 17. The molecule has 0 radical (unpaired) electrons. The molecule has 1 fully saturated rings. The van der Waals surface area contributed by atoms with Crippen molar-refractivity contribution in [2.45, 2.75) is 75.8 Å². The number of ketones is 3. The third kappa shape index (κ3) is 17.4. The molecule has 19 heteroatoms. The summed E-state index contributed by atoms with van der Waals surface area (Å²) < 4.78 is 32.9. The number of nitro benzene ring substituents is 1. The van der Waals surface area contributed by atoms with Crippen LogP contribution in [0.4, 0.5) is 17.1 Å². The van der Waals surface area contributed by atoms with Crippen molar-refractivity contribution < 1.29 is 57.1 Å². The monoisotopic (exact) mass is 1130 g/mol. The van der Waals surface area contributed by atoms with Gasteiger partial charge in [0.2, 0.25) is 5.91 Å². The van der Waals surface area contributed by atoms with Crippen molar-refractivity contribution in [3.05, 3.63) is 201 Å². The zero-order valence-electron chi connectivity index (χ0n) is 45.5. The summed E-state index contributed by atoms with van der Waals surface area (Å²) in [5, 5.41) is 43.3. The number of Topliss-reactive ketones (excluding diaryl/α,β-unsaturated/α-hetero) is 1. The number of anilines is 2. The Hall–Kier alpha value is -8.64. The maximum Gasteiger partial charge on any atom is 0.270 e. The number of hydrogen-bond acceptors (Lipinski definition) is 14. The number of amides is 2. The summed E-state index contributed by atoms with van der Waals surface area (Å²) in [7, 11) is -3.65. The van der Waals surface area contributed by atoms with Gasteiger partial charge in [-0.2, -0.15) is 0 Å². The van der Waals surface area contributed by atoms with Crippen LogP contribution in [0.25, 0.3) is 11.3 Å². The van der Waals surface area contributed by atoms with Gasteiger partial charge in [-0.25, -0.2) is 8.42 Å². The van der Waals surface area contributed by atoms with Crippen molar-refractivity contribution in [1.29, 1.82) is 0 Å². The van der Waals surface area contributed by atoms with Gasteiger partial charge in [-0.15, -0.1) is 0 Å². The number of aliphatic hydroxyl groups is 3. The summed E-state index contributed by atoms with van der Waals surface area (Å²) in [6, 6.07) is 35.8. The highest BCUT2D eigenvalue weighted by Gasteiger charge is 2.33. The lowest BCUT2D eigenvalue weighted by Gasteiger charge is -2.32. The second kappa shape index (κ2) is 28.7. The van der Waals surface area contributed by atoms with Crippen LogP contribution >= 0.6 is 0 Å². The molecule has 82 heavy (non-hydrogen) atoms. The average Bonchev–Trinajstić information content (AvgIpc) is 3.83. The van der Waals surface area contributed by atoms with Crippen molar-refractivity contribution in [1.82, 2.24) is 10.2 Å². The Kier molecular flexibility index (Phi) is 21.3. The largest absolute Gasteiger partial charge is 0.460 e. The van der Waals surface area contributed by atoms with Crippen LogP contribution in [0.2, 0.25) is 0 Å². The lowest BCUT2D eigenvalue weighted by molar-refractivity contribution is -0.384. The van der Waals surface area contributed by atoms with Gasteiger partial charge in [-0.3, -0.25) is 43.7 Å². The Morgan fingerprint density at radius 2 is 1.55 bits per heavy atom. The number of carbonyl (C=O) groups excluding carboxylic acids is 5. The number of nitro groups is 1. The van der Waals surface area contributed by atoms with Crippen LogP contribution in [0.15, 0.2) is 161 Å². The molecule has 0 atom stereocenters. The average molecular weight is 1130 g/mol. The fourth-order valence-electron chi connectivity index (χ4n) is 9.68. The Balaban J connectivity index is 0.000000178. The number of non-ortho nitro benzene ring substituents is 1. The molecular formula is C63H65N5O13S. The molecule has 0 unspecified atom stereocenters. The topological polar surface area (TPSA) is 276 Å². The van der Waals surface area contributed by atoms with Crippen LogP contribution < -0.4 is 15.4 Å². The maximum atomic E-state index is 12.7. The molecule has 18 nitrogen and oxygen atoms in total. The van der Waals surface area contributed by atoms with E-state index in [-0.39, 0.29) is 39.4 Å². The highest BCUT2D eigenvalue weighted by molar-refractivity contribution is 7.92. The lowest BCUT2D eigenvalue weighted by atomic mass is 9.77. The van der Waals surface area contributed by atoms with E-state index in [1.54, 1.807) is 66.7 Å². The normalized spacial score (nSPS) is 16.3. The number of fused-ring (bicyclic) bond motifs is 2. The molecule has 0 spiro atoms. The molecule has 0 bridgehead atoms. The first-order chi connectivity index (χ1) is 39.3. The molecule has 3 aliphatic rings. The molecule has 2 aliphatic heterocycles. The number of hydrogen-bond donors (Lipinski definition) is 6. The van der Waals surface area contributed by atoms with Gasteiger partial charge >= 0.3 is 0 Å². The Labute approximate surface area is 476 Å². The van der Waals surface area contributed by atoms with E-state index < -0.39 is 40.6 Å². The van der Waals surface area contributed by atoms with Gasteiger partial charge in [0.05, 0.1) is 22.1 Å². The second-order valence-corrected chi connectivity index (χ2v) is 22.4. The van der Waals surface area contributed by atoms with Gasteiger partial charge in [-0.05, 0) is 146 Å². The summed E-state index contributed by atoms with van der Waals surface area (Å²) in [4.78, 5) is 71.2. The summed E-state index contributed by atoms with van der Waals surface area (Å²) >= 11 is 0. The minimum atomic E-state index is -3.65. The molecule has 426 valence electrons. The molecule has 6 aromatic rings. The summed E-state index contributed by atoms with van der Waals surface area (Å²) in [6.45, 7) is 5.35. The van der Waals surface area contributed by atoms with E-state index >= 15 is 0 Å². The summed E-state index contributed by atoms with van der Waals surface area (Å²) in [5.74, 6) is 6.55. The van der Waals surface area contributed by atoms with Crippen LogP contribution in [0, 0.1) is 33.8 Å². The highest BCUT2D eigenvalue weighted by Crippen LogP contribution is 2.38. The quantitative estimate of drug-likeness (QED) is 0.0164. The van der Waals surface area contributed by atoms with Crippen LogP contribution in [-0.2, 0) is 49.3 Å². The van der Waals surface area contributed by atoms with E-state index in [1.807, 2.05) is 56.3 Å². The zero-order valence-corrected chi connectivity index (χ0v) is 46.3. The molecule has 5 aromatic carbocycles. The fraction of sp³-hybridized carbons (Fsp3) is 0.286. The van der Waals surface area contributed by atoms with Gasteiger partial charge in [0.1, 0.15) is 31.3 Å². The zero-order chi connectivity index (χ0) is 58.8. The number of aliphatic hydroxyl groups excluding tert-OH is 3. The second-order valence-electron chi connectivity index (χ2n) is 20.7. The predicted molar refractivity (Wildman–Crippen MR) is 310 cm³/mol. The molecule has 0 saturated heterocycles. The van der Waals surface area contributed by atoms with Crippen LogP contribution in [0.3, 0.4) is 0 Å². The molecule has 1 saturated carbocycles. The lowest BCUT2D eigenvalue weighted by Crippen LogP contribution is -2.34. The molecule has 2 amide bonds. The third-order valence-electron chi connectivity index (χ3n) is 14.1. The molecular weight excluding hydrogens is 1070 g/mol. The fourth-order valence-corrected chi connectivity index (χ4v) is 10.7. The first kappa shape index (κ1) is 61.0. The van der Waals surface area contributed by atoms with E-state index in [0.717, 1.165) is 61.2 Å². The van der Waals surface area contributed by atoms with Gasteiger partial charge < -0.3 is 30.4 Å². The smallest absolute Gasteiger partial charge is 0.270 e. The van der Waals surface area contributed by atoms with E-state index in [4.69, 9.17) is 19.7 Å². The number of allylic oxidation sites excluding steroid dienone is 2. The molecule has 1 aromatic heterocycles. The number of nitrogens with one attached hydrogen (secondary N) is 3. The van der Waals surface area contributed by atoms with E-state index in [1.165, 1.54) is 48.1 Å². The van der Waals surface area contributed by atoms with Crippen LogP contribution in [0.1, 0.15) is 94.7 Å². The van der Waals surface area contributed by atoms with Crippen molar-refractivity contribution in [2.24, 2.45) is 11.8 Å². The van der Waals surface area contributed by atoms with Gasteiger partial charge in [0.25, 0.3) is 21.6 Å². The molecule has 1 aliphatic carbocycles. The molecule has 3 heterocycles. The minimum Gasteiger partial charge on any atom is -0.460 e. The number of sulfonamides is 1. The number of furan rings is 1. The maximum absolute atomic E-state index is 12.7. The predicted octanol–water partition coefficient (Wildman–Crippen LogP) is 8.50. The van der Waals surface area contributed by atoms with Crippen molar-refractivity contribution in [3.8, 4) is 23.2 Å². The Morgan fingerprint density at radius 1 is 0.817 bits per heavy atom. The van der Waals surface area contributed by atoms with Crippen LogP contribution in [-0.4, -0.2) is 95.6 Å². The number of nitrogens with zero attached hydrogens (tertiary/aromatic N) is 2. The van der Waals surface area contributed by atoms with Gasteiger partial charge in [-0.1, -0.05) is 80.3 Å². The molecule has 6 N–H and O–H groups in total. The first-order valence-corrected chi connectivity index (χ1v) is 28.2. The Bertz CT molecular complexity index is 3530. The van der Waals surface area contributed by atoms with E-state index in [2.05, 4.69) is 32.1 Å². The van der Waals surface area contributed by atoms with Crippen molar-refractivity contribution in [2.75, 3.05) is 42.9 Å². The third-order valence-corrected chi connectivity index (χ3v) is 15.5. The minimum absolute atomic E-state index is 0.00544. The first-order valence-electron chi connectivity index (χ1n) is 26.7. The van der Waals surface area contributed by atoms with E-state index in [9.17, 15) is 42.5 Å². The molecule has 9 rings (SSSR count). The standard InChI is InChI=1S/C23H30N2O4.C22H20N2O5.C18H15NO4S/c1-23(2)12-21(28)25-20-10-8-17(11-19(20)23)22(29)24-13-16-5-3-15(4-6-16)7-9-18(27)14-26;25-14-21(26)16-5-4-15-8-9-23(12-18(15)10-16)13-20-6-7-22(29-20)17-2-1-3-19(11-17)24(27)28;20-14-17(21)10-5-4-7-15-8-6-9-16(13-15)19-24(22,23)18-11-2-1-3-12-18/h7-11,15-16,26H,3-6,12-14H2,1-2H3,(H,24,29)(H,25,28);1-7,10-11,25H,8-9,12-14H2;1-3,5-6,8-13,19-20H,14H2/b9-7+;;10-5+. The number of carbonyl (C=O) groups is 5. The van der Waals surface area contributed by atoms with Crippen LogP contribution in [0.5, 0.6) is 0 Å². The Morgan fingerprint density at radius 3 is 2.28 bits per heavy atom. The van der Waals surface area contributed by atoms with Gasteiger partial charge in [0.15, 0.2) is 17.3 Å². The summed E-state index contributed by atoms with van der Waals surface area (Å²) in [6.07, 6.45) is 11.2. The summed E-state index contributed by atoms with van der Waals surface area (Å²) in [5.41, 5.74) is 6.60. The SMILES string of the molecule is CC1(C)CC(=O)Nc2ccc(C(=O)NCC3CCC(/C=C/C(=O)CO)CC3)cc21.O=C(/C=C/C#Cc1cccc(NS(=O)(=O)c2ccccc2)c1)CO.O=C(CO)c1ccc2c(c1)CN(Cc1ccc(-c3cccc([N+](=O)[O-])c3)o1)CC2. The van der Waals surface area contributed by atoms with Gasteiger partial charge in [0, 0.05) is 71.5 Å². The number of benzene rings is 5. The van der Waals surface area contributed by atoms with Crippen molar-refractivity contribution in [3.63, 3.8) is 0 Å². The van der Waals surface area contributed by atoms with E-state index in [0.29, 0.717) is 71.6 Å². The highest BCUT2D eigenvalue weighted by atomic mass is 32.2.